The molecule has 0 amide bonds. The molecule has 34 heavy (non-hydrogen) atoms. The Morgan fingerprint density at radius 3 is 2.85 bits per heavy atom. The number of anilines is 1. The summed E-state index contributed by atoms with van der Waals surface area (Å²) in [7, 11) is 0. The third-order valence-electron chi connectivity index (χ3n) is 5.52. The van der Waals surface area contributed by atoms with E-state index < -0.39 is 5.69 Å². The van der Waals surface area contributed by atoms with Gasteiger partial charge in [0.25, 0.3) is 5.62 Å². The molecule has 0 radical (unpaired) electrons. The highest BCUT2D eigenvalue weighted by Gasteiger charge is 2.21. The van der Waals surface area contributed by atoms with Crippen LogP contribution >= 0.6 is 0 Å². The largest absolute Gasteiger partial charge is 0.493 e. The number of nitrogens with one attached hydrogen (secondary N) is 4. The van der Waals surface area contributed by atoms with Crippen LogP contribution in [0.3, 0.4) is 0 Å². The van der Waals surface area contributed by atoms with Crippen LogP contribution in [-0.2, 0) is 6.54 Å². The summed E-state index contributed by atoms with van der Waals surface area (Å²) >= 11 is 0. The predicted molar refractivity (Wildman–Crippen MR) is 123 cm³/mol. The van der Waals surface area contributed by atoms with Crippen molar-refractivity contribution in [2.75, 3.05) is 5.32 Å². The van der Waals surface area contributed by atoms with Gasteiger partial charge in [-0.15, -0.1) is 0 Å². The molecule has 12 heteroatoms. The molecule has 0 saturated heterocycles. The van der Waals surface area contributed by atoms with Gasteiger partial charge in [-0.1, -0.05) is 24.3 Å². The number of benzene rings is 1. The summed E-state index contributed by atoms with van der Waals surface area (Å²) < 4.78 is 1.57. The van der Waals surface area contributed by atoms with Gasteiger partial charge in [0.15, 0.2) is 5.65 Å². The van der Waals surface area contributed by atoms with Gasteiger partial charge >= 0.3 is 5.69 Å². The Hall–Kier alpha value is -4.74. The van der Waals surface area contributed by atoms with Gasteiger partial charge in [0.1, 0.15) is 5.69 Å². The molecule has 1 aliphatic rings. The second-order valence-electron chi connectivity index (χ2n) is 8.03. The smallest absolute Gasteiger partial charge is 0.326 e. The molecule has 0 aliphatic heterocycles. The number of hydrogen-bond donors (Lipinski definition) is 5. The van der Waals surface area contributed by atoms with Gasteiger partial charge in [-0.05, 0) is 30.0 Å². The Morgan fingerprint density at radius 1 is 1.21 bits per heavy atom. The maximum Gasteiger partial charge on any atom is 0.326 e. The van der Waals surface area contributed by atoms with E-state index in [0.29, 0.717) is 29.0 Å². The van der Waals surface area contributed by atoms with Crippen molar-refractivity contribution in [2.45, 2.75) is 25.4 Å². The minimum absolute atomic E-state index is 0.231. The lowest BCUT2D eigenvalue weighted by molar-refractivity contribution is 0.454. The van der Waals surface area contributed by atoms with Gasteiger partial charge in [0.05, 0.1) is 18.4 Å². The second-order valence-corrected chi connectivity index (χ2v) is 8.03. The molecule has 6 rings (SSSR count). The fourth-order valence-electron chi connectivity index (χ4n) is 3.69. The number of rotatable bonds is 6. The minimum Gasteiger partial charge on any atom is -0.493 e. The highest BCUT2D eigenvalue weighted by molar-refractivity contribution is 5.66. The molecule has 1 aromatic carbocycles. The van der Waals surface area contributed by atoms with E-state index >= 15 is 0 Å². The first-order chi connectivity index (χ1) is 16.6. The third-order valence-corrected chi connectivity index (χ3v) is 5.52. The topological polar surface area (TPSA) is 165 Å². The lowest BCUT2D eigenvalue weighted by Crippen LogP contribution is -2.24. The molecule has 0 spiro atoms. The van der Waals surface area contributed by atoms with Crippen molar-refractivity contribution in [3.8, 4) is 17.0 Å². The summed E-state index contributed by atoms with van der Waals surface area (Å²) in [6.45, 7) is 0.486. The molecule has 1 fully saturated rings. The third kappa shape index (κ3) is 3.81. The normalized spacial score (nSPS) is 14.8. The van der Waals surface area contributed by atoms with Crippen LogP contribution in [0.2, 0.25) is 0 Å². The molecule has 1 saturated carbocycles. The summed E-state index contributed by atoms with van der Waals surface area (Å²) in [4.78, 5) is 30.3. The molecular weight excluding hydrogens is 436 g/mol. The molecule has 5 N–H and O–H groups in total. The van der Waals surface area contributed by atoms with Crippen LogP contribution in [0.15, 0.2) is 52.6 Å². The summed E-state index contributed by atoms with van der Waals surface area (Å²) in [5, 5.41) is 25.1. The standard InChI is InChI=1S/C22H20N10O2/c33-19-17(28-22(34)30-19)7-13-11-26-32-18(13)29-20(31-21(32)27-15-5-6-15)23-8-12-3-1-2-4-16(12)14-9-24-25-10-14/h1-4,7,9-11,15,33H,5-6,8H2,(H,24,25)(H,23,27,31)(H2,28,30,34). The average Bonchev–Trinajstić information content (AvgIpc) is 3.20. The van der Waals surface area contributed by atoms with Gasteiger partial charge < -0.3 is 15.4 Å². The number of imidazole rings is 1. The molecule has 0 atom stereocenters. The van der Waals surface area contributed by atoms with Crippen molar-refractivity contribution in [2.24, 2.45) is 4.99 Å². The number of aromatic nitrogens is 8. The summed E-state index contributed by atoms with van der Waals surface area (Å²) in [6.07, 6.45) is 8.86. The predicted octanol–water partition coefficient (Wildman–Crippen LogP) is 0.459. The van der Waals surface area contributed by atoms with Crippen molar-refractivity contribution in [1.29, 1.82) is 0 Å². The number of fused-ring (bicyclic) bond motifs is 1. The van der Waals surface area contributed by atoms with E-state index in [9.17, 15) is 9.90 Å². The van der Waals surface area contributed by atoms with E-state index in [1.165, 1.54) is 0 Å². The van der Waals surface area contributed by atoms with Crippen LogP contribution in [-0.4, -0.2) is 50.9 Å². The van der Waals surface area contributed by atoms with Gasteiger partial charge in [-0.25, -0.2) is 9.79 Å². The Morgan fingerprint density at radius 2 is 2.09 bits per heavy atom. The Bertz CT molecular complexity index is 1660. The summed E-state index contributed by atoms with van der Waals surface area (Å²) in [5.41, 5.74) is 3.79. The van der Waals surface area contributed by atoms with E-state index in [1.807, 2.05) is 30.5 Å². The number of aromatic hydroxyl groups is 1. The molecule has 5 aromatic rings. The molecule has 0 unspecified atom stereocenters. The first kappa shape index (κ1) is 19.9. The zero-order valence-electron chi connectivity index (χ0n) is 17.9. The SMILES string of the molecule is O=c1[nH]c(O)c(C=c2cnn3c(=NC4CC4)nc(NCc4ccccc4-c4cn[nH]c4)nc23)[nH]1. The molecular formula is C22H20N10O2. The number of aromatic amines is 3. The monoisotopic (exact) mass is 456 g/mol. The van der Waals surface area contributed by atoms with E-state index in [4.69, 9.17) is 0 Å². The van der Waals surface area contributed by atoms with Gasteiger partial charge in [-0.3, -0.25) is 10.1 Å². The lowest BCUT2D eigenvalue weighted by Gasteiger charge is -2.09. The minimum atomic E-state index is -0.502. The van der Waals surface area contributed by atoms with Crippen molar-refractivity contribution in [3.63, 3.8) is 0 Å². The fraction of sp³-hybridized carbons (Fsp3) is 0.182. The second kappa shape index (κ2) is 7.99. The number of H-pyrrole nitrogens is 3. The molecule has 12 nitrogen and oxygen atoms in total. The van der Waals surface area contributed by atoms with Crippen LogP contribution in [0.4, 0.5) is 5.95 Å². The maximum atomic E-state index is 11.5. The van der Waals surface area contributed by atoms with E-state index in [-0.39, 0.29) is 17.6 Å². The first-order valence-corrected chi connectivity index (χ1v) is 10.8. The highest BCUT2D eigenvalue weighted by atomic mass is 16.3. The Balaban J connectivity index is 1.41. The van der Waals surface area contributed by atoms with E-state index in [0.717, 1.165) is 29.5 Å². The maximum absolute atomic E-state index is 11.5. The average molecular weight is 456 g/mol. The highest BCUT2D eigenvalue weighted by Crippen LogP contribution is 2.23. The van der Waals surface area contributed by atoms with Crippen molar-refractivity contribution in [1.82, 2.24) is 39.7 Å². The quantitative estimate of drug-likeness (QED) is 0.248. The molecule has 4 heterocycles. The van der Waals surface area contributed by atoms with Gasteiger partial charge in [0, 0.05) is 23.5 Å². The van der Waals surface area contributed by atoms with Gasteiger partial charge in [0.2, 0.25) is 11.8 Å². The Kier molecular flexibility index (Phi) is 4.68. The van der Waals surface area contributed by atoms with Crippen molar-refractivity contribution < 1.29 is 5.11 Å². The Labute approximate surface area is 191 Å². The van der Waals surface area contributed by atoms with Crippen LogP contribution in [0, 0.1) is 0 Å². The summed E-state index contributed by atoms with van der Waals surface area (Å²) in [5.74, 6) is 0.145. The molecule has 0 bridgehead atoms. The van der Waals surface area contributed by atoms with Gasteiger partial charge in [-0.2, -0.15) is 24.7 Å². The van der Waals surface area contributed by atoms with Crippen LogP contribution in [0.5, 0.6) is 5.88 Å². The van der Waals surface area contributed by atoms with Crippen LogP contribution < -0.4 is 21.8 Å². The molecule has 1 aliphatic carbocycles. The fourth-order valence-corrected chi connectivity index (χ4v) is 3.69. The zero-order chi connectivity index (χ0) is 23.1. The van der Waals surface area contributed by atoms with Crippen LogP contribution in [0.25, 0.3) is 22.9 Å². The van der Waals surface area contributed by atoms with E-state index in [2.05, 4.69) is 45.5 Å². The summed E-state index contributed by atoms with van der Waals surface area (Å²) in [6, 6.07) is 8.26. The lowest BCUT2D eigenvalue weighted by atomic mass is 10.0. The first-order valence-electron chi connectivity index (χ1n) is 10.8. The van der Waals surface area contributed by atoms with Crippen LogP contribution in [0.1, 0.15) is 24.1 Å². The van der Waals surface area contributed by atoms with Crippen molar-refractivity contribution in [3.05, 3.63) is 75.4 Å². The molecule has 4 aromatic heterocycles. The van der Waals surface area contributed by atoms with E-state index in [1.54, 1.807) is 23.0 Å². The number of hydrogen-bond acceptors (Lipinski definition) is 8. The van der Waals surface area contributed by atoms with Crippen molar-refractivity contribution >= 4 is 17.7 Å². The molecule has 170 valence electrons. The number of nitrogens with zero attached hydrogens (tertiary/aromatic N) is 6. The zero-order valence-corrected chi connectivity index (χ0v) is 17.9.